The Hall–Kier alpha value is -2.04. The van der Waals surface area contributed by atoms with Gasteiger partial charge in [0.25, 0.3) is 5.91 Å². The monoisotopic (exact) mass is 401 g/mol. The van der Waals surface area contributed by atoms with Crippen molar-refractivity contribution in [2.75, 3.05) is 7.05 Å². The number of nitrogens with zero attached hydrogens (tertiary/aromatic N) is 2. The van der Waals surface area contributed by atoms with Crippen molar-refractivity contribution in [3.8, 4) is 0 Å². The number of hydrogen-bond acceptors (Lipinski definition) is 6. The summed E-state index contributed by atoms with van der Waals surface area (Å²) in [6.45, 7) is 0. The van der Waals surface area contributed by atoms with Gasteiger partial charge in [-0.3, -0.25) is 15.2 Å². The molecule has 1 heterocycles. The van der Waals surface area contributed by atoms with Gasteiger partial charge in [0.05, 0.1) is 20.6 Å². The minimum atomic E-state index is -3.92. The SMILES string of the molecule is CNNC(=O)C(=Nc1cccc(S(N)(=O)=O)c1)c1c(Cl)cncc1Cl. The summed E-state index contributed by atoms with van der Waals surface area (Å²) in [7, 11) is -2.42. The third-order valence-electron chi connectivity index (χ3n) is 2.93. The van der Waals surface area contributed by atoms with E-state index in [0.29, 0.717) is 0 Å². The van der Waals surface area contributed by atoms with Crippen LogP contribution in [0, 0.1) is 0 Å². The first-order chi connectivity index (χ1) is 11.7. The average Bonchev–Trinajstić information content (AvgIpc) is 2.53. The van der Waals surface area contributed by atoms with E-state index in [1.54, 1.807) is 0 Å². The number of carbonyl (C=O) groups excluding carboxylic acids is 1. The second-order valence-corrected chi connectivity index (χ2v) is 7.06. The Balaban J connectivity index is 2.65. The average molecular weight is 402 g/mol. The van der Waals surface area contributed by atoms with E-state index in [4.69, 9.17) is 28.3 Å². The molecule has 4 N–H and O–H groups in total. The third kappa shape index (κ3) is 4.74. The number of hydrazine groups is 1. The smallest absolute Gasteiger partial charge is 0.284 e. The van der Waals surface area contributed by atoms with Crippen LogP contribution < -0.4 is 16.0 Å². The highest BCUT2D eigenvalue weighted by Gasteiger charge is 2.21. The largest absolute Gasteiger partial charge is 0.286 e. The van der Waals surface area contributed by atoms with Crippen molar-refractivity contribution in [2.45, 2.75) is 4.90 Å². The highest BCUT2D eigenvalue weighted by molar-refractivity contribution is 7.89. The van der Waals surface area contributed by atoms with Crippen molar-refractivity contribution in [3.63, 3.8) is 0 Å². The predicted octanol–water partition coefficient (Wildman–Crippen LogP) is 1.41. The fourth-order valence-corrected chi connectivity index (χ4v) is 2.99. The molecule has 132 valence electrons. The Morgan fingerprint density at radius 2 is 1.88 bits per heavy atom. The van der Waals surface area contributed by atoms with Gasteiger partial charge in [-0.2, -0.15) is 0 Å². The van der Waals surface area contributed by atoms with Crippen molar-refractivity contribution in [2.24, 2.45) is 10.1 Å². The molecule has 0 fully saturated rings. The van der Waals surface area contributed by atoms with E-state index in [1.807, 2.05) is 0 Å². The van der Waals surface area contributed by atoms with E-state index in [-0.39, 0.29) is 31.9 Å². The maximum absolute atomic E-state index is 12.3. The van der Waals surface area contributed by atoms with Crippen LogP contribution in [0.15, 0.2) is 46.5 Å². The molecule has 1 amide bonds. The molecule has 25 heavy (non-hydrogen) atoms. The number of primary sulfonamides is 1. The van der Waals surface area contributed by atoms with Gasteiger partial charge in [0.2, 0.25) is 10.0 Å². The molecule has 1 aromatic carbocycles. The van der Waals surface area contributed by atoms with Crippen LogP contribution in [0.4, 0.5) is 5.69 Å². The molecule has 0 atom stereocenters. The lowest BCUT2D eigenvalue weighted by Gasteiger charge is -2.10. The van der Waals surface area contributed by atoms with Crippen LogP contribution in [0.25, 0.3) is 0 Å². The van der Waals surface area contributed by atoms with Crippen LogP contribution in [0.5, 0.6) is 0 Å². The zero-order valence-corrected chi connectivity index (χ0v) is 15.2. The topological polar surface area (TPSA) is 127 Å². The van der Waals surface area contributed by atoms with Crippen molar-refractivity contribution < 1.29 is 13.2 Å². The number of benzene rings is 1. The molecule has 2 aromatic rings. The summed E-state index contributed by atoms with van der Waals surface area (Å²) in [5.41, 5.74) is 5.05. The van der Waals surface area contributed by atoms with E-state index in [1.165, 1.54) is 43.7 Å². The molecule has 0 bridgehead atoms. The fourth-order valence-electron chi connectivity index (χ4n) is 1.89. The minimum Gasteiger partial charge on any atom is -0.286 e. The number of aliphatic imine (C=N–C) groups is 1. The summed E-state index contributed by atoms with van der Waals surface area (Å²) >= 11 is 12.2. The fraction of sp³-hybridized carbons (Fsp3) is 0.0714. The first-order valence-electron chi connectivity index (χ1n) is 6.72. The summed E-state index contributed by atoms with van der Waals surface area (Å²) in [4.78, 5) is 20.2. The molecule has 0 radical (unpaired) electrons. The second-order valence-electron chi connectivity index (χ2n) is 4.69. The molecule has 0 saturated heterocycles. The van der Waals surface area contributed by atoms with Gasteiger partial charge in [-0.25, -0.2) is 24.0 Å². The minimum absolute atomic E-state index is 0.111. The maximum atomic E-state index is 12.3. The van der Waals surface area contributed by atoms with Crippen LogP contribution >= 0.6 is 23.2 Å². The predicted molar refractivity (Wildman–Crippen MR) is 95.5 cm³/mol. The van der Waals surface area contributed by atoms with E-state index in [0.717, 1.165) is 0 Å². The standard InChI is InChI=1S/C14H13Cl2N5O3S/c1-18-21-14(22)13(12-10(15)6-19-7-11(12)16)20-8-3-2-4-9(5-8)25(17,23)24/h2-7,18H,1H3,(H,21,22)(H2,17,23,24). The lowest BCUT2D eigenvalue weighted by molar-refractivity contribution is -0.115. The number of halogens is 2. The van der Waals surface area contributed by atoms with E-state index in [2.05, 4.69) is 20.8 Å². The Morgan fingerprint density at radius 1 is 1.24 bits per heavy atom. The summed E-state index contributed by atoms with van der Waals surface area (Å²) in [6, 6.07) is 5.49. The number of hydrogen-bond donors (Lipinski definition) is 3. The summed E-state index contributed by atoms with van der Waals surface area (Å²) in [5, 5.41) is 5.33. The lowest BCUT2D eigenvalue weighted by atomic mass is 10.1. The molecule has 0 unspecified atom stereocenters. The first kappa shape index (κ1) is 19.3. The molecule has 0 aliphatic carbocycles. The molecule has 11 heteroatoms. The number of carbonyl (C=O) groups is 1. The molecule has 0 spiro atoms. The summed E-state index contributed by atoms with van der Waals surface area (Å²) in [5.74, 6) is -0.626. The number of sulfonamides is 1. The van der Waals surface area contributed by atoms with Crippen LogP contribution in [0.1, 0.15) is 5.56 Å². The zero-order valence-electron chi connectivity index (χ0n) is 12.8. The quantitative estimate of drug-likeness (QED) is 0.515. The highest BCUT2D eigenvalue weighted by Crippen LogP contribution is 2.26. The zero-order chi connectivity index (χ0) is 18.6. The molecule has 0 saturated carbocycles. The third-order valence-corrected chi connectivity index (χ3v) is 4.42. The highest BCUT2D eigenvalue weighted by atomic mass is 35.5. The molecule has 1 aromatic heterocycles. The van der Waals surface area contributed by atoms with Crippen LogP contribution in [0.3, 0.4) is 0 Å². The molecule has 2 rings (SSSR count). The number of aromatic nitrogens is 1. The van der Waals surface area contributed by atoms with Gasteiger partial charge < -0.3 is 0 Å². The maximum Gasteiger partial charge on any atom is 0.284 e. The van der Waals surface area contributed by atoms with Crippen LogP contribution in [0.2, 0.25) is 10.0 Å². The molecule has 8 nitrogen and oxygen atoms in total. The molecule has 0 aliphatic heterocycles. The van der Waals surface area contributed by atoms with E-state index < -0.39 is 15.9 Å². The van der Waals surface area contributed by atoms with Gasteiger partial charge >= 0.3 is 0 Å². The van der Waals surface area contributed by atoms with Crippen molar-refractivity contribution in [1.29, 1.82) is 0 Å². The second kappa shape index (κ2) is 7.89. The Kier molecular flexibility index (Phi) is 6.09. The summed E-state index contributed by atoms with van der Waals surface area (Å²) in [6.07, 6.45) is 2.62. The van der Waals surface area contributed by atoms with Gasteiger partial charge in [0.15, 0.2) is 0 Å². The van der Waals surface area contributed by atoms with Crippen molar-refractivity contribution in [1.82, 2.24) is 15.8 Å². The molecule has 0 aliphatic rings. The van der Waals surface area contributed by atoms with Gasteiger partial charge in [0, 0.05) is 25.0 Å². The number of pyridine rings is 1. The van der Waals surface area contributed by atoms with Crippen LogP contribution in [-0.4, -0.2) is 32.1 Å². The number of nitrogens with two attached hydrogens (primary N) is 1. The molecular weight excluding hydrogens is 389 g/mol. The summed E-state index contributed by atoms with van der Waals surface area (Å²) < 4.78 is 23.0. The number of rotatable bonds is 5. The normalized spacial score (nSPS) is 12.1. The van der Waals surface area contributed by atoms with Gasteiger partial charge in [0.1, 0.15) is 5.71 Å². The van der Waals surface area contributed by atoms with E-state index in [9.17, 15) is 13.2 Å². The number of amides is 1. The molecular formula is C14H13Cl2N5O3S. The van der Waals surface area contributed by atoms with Gasteiger partial charge in [-0.05, 0) is 18.2 Å². The van der Waals surface area contributed by atoms with Gasteiger partial charge in [-0.15, -0.1) is 0 Å². The number of nitrogens with one attached hydrogen (secondary N) is 2. The Bertz CT molecular complexity index is 927. The van der Waals surface area contributed by atoms with Crippen molar-refractivity contribution in [3.05, 3.63) is 52.3 Å². The van der Waals surface area contributed by atoms with Crippen LogP contribution in [-0.2, 0) is 14.8 Å². The Morgan fingerprint density at radius 3 is 2.44 bits per heavy atom. The Labute approximate surface area is 154 Å². The van der Waals surface area contributed by atoms with Crippen molar-refractivity contribution >= 4 is 50.5 Å². The van der Waals surface area contributed by atoms with E-state index >= 15 is 0 Å². The first-order valence-corrected chi connectivity index (χ1v) is 9.02. The van der Waals surface area contributed by atoms with Gasteiger partial charge in [-0.1, -0.05) is 29.3 Å². The lowest BCUT2D eigenvalue weighted by Crippen LogP contribution is -2.39.